The maximum atomic E-state index is 11.4. The summed E-state index contributed by atoms with van der Waals surface area (Å²) in [4.78, 5) is 15.4. The monoisotopic (exact) mass is 204 g/mol. The molecule has 15 heavy (non-hydrogen) atoms. The first kappa shape index (κ1) is 10.1. The Hall–Kier alpha value is -1.38. The number of aryl methyl sites for hydroxylation is 1. The molecule has 1 saturated carbocycles. The molecule has 0 spiro atoms. The molecule has 0 bridgehead atoms. The van der Waals surface area contributed by atoms with Crippen LogP contribution in [-0.2, 0) is 11.2 Å². The van der Waals surface area contributed by atoms with Crippen LogP contribution in [0, 0.1) is 5.92 Å². The van der Waals surface area contributed by atoms with Gasteiger partial charge in [0.25, 0.3) is 0 Å². The van der Waals surface area contributed by atoms with Gasteiger partial charge >= 0.3 is 0 Å². The van der Waals surface area contributed by atoms with Crippen LogP contribution in [-0.4, -0.2) is 17.4 Å². The Balaban J connectivity index is 1.66. The van der Waals surface area contributed by atoms with Gasteiger partial charge in [-0.3, -0.25) is 9.78 Å². The average Bonchev–Trinajstić information content (AvgIpc) is 3.09. The number of carbonyl (C=O) groups excluding carboxylic acids is 1. The molecule has 1 aromatic heterocycles. The summed E-state index contributed by atoms with van der Waals surface area (Å²) >= 11 is 0. The standard InChI is InChI=1S/C12H16N2O/c15-12(14-9-11-3-4-11)6-5-10-2-1-7-13-8-10/h1-2,7-8,11H,3-6,9H2,(H,14,15). The van der Waals surface area contributed by atoms with Crippen LogP contribution in [0.3, 0.4) is 0 Å². The molecule has 80 valence electrons. The molecule has 1 amide bonds. The van der Waals surface area contributed by atoms with Gasteiger partial charge in [0.05, 0.1) is 0 Å². The molecule has 0 atom stereocenters. The quantitative estimate of drug-likeness (QED) is 0.790. The highest BCUT2D eigenvalue weighted by molar-refractivity contribution is 5.76. The maximum Gasteiger partial charge on any atom is 0.220 e. The van der Waals surface area contributed by atoms with Gasteiger partial charge in [0.1, 0.15) is 0 Å². The highest BCUT2D eigenvalue weighted by atomic mass is 16.1. The second-order valence-electron chi connectivity index (χ2n) is 4.11. The fourth-order valence-corrected chi connectivity index (χ4v) is 1.47. The minimum atomic E-state index is 0.158. The molecule has 2 rings (SSSR count). The predicted octanol–water partition coefficient (Wildman–Crippen LogP) is 1.54. The second kappa shape index (κ2) is 4.91. The first-order chi connectivity index (χ1) is 7.34. The van der Waals surface area contributed by atoms with Crippen LogP contribution in [0.4, 0.5) is 0 Å². The van der Waals surface area contributed by atoms with Crippen molar-refractivity contribution in [2.24, 2.45) is 5.92 Å². The molecule has 1 N–H and O–H groups in total. The molecule has 1 aliphatic carbocycles. The zero-order valence-corrected chi connectivity index (χ0v) is 8.78. The fourth-order valence-electron chi connectivity index (χ4n) is 1.47. The van der Waals surface area contributed by atoms with Gasteiger partial charge in [0.2, 0.25) is 5.91 Å². The molecular weight excluding hydrogens is 188 g/mol. The summed E-state index contributed by atoms with van der Waals surface area (Å²) in [6, 6.07) is 3.90. The molecule has 1 aliphatic rings. The number of nitrogens with zero attached hydrogens (tertiary/aromatic N) is 1. The van der Waals surface area contributed by atoms with Crippen LogP contribution in [0.25, 0.3) is 0 Å². The Bertz CT molecular complexity index is 320. The molecule has 0 radical (unpaired) electrons. The molecule has 0 aromatic carbocycles. The van der Waals surface area contributed by atoms with E-state index in [9.17, 15) is 4.79 Å². The Morgan fingerprint density at radius 3 is 3.07 bits per heavy atom. The lowest BCUT2D eigenvalue weighted by Gasteiger charge is -2.03. The van der Waals surface area contributed by atoms with E-state index < -0.39 is 0 Å². The minimum absolute atomic E-state index is 0.158. The summed E-state index contributed by atoms with van der Waals surface area (Å²) in [7, 11) is 0. The summed E-state index contributed by atoms with van der Waals surface area (Å²) in [5.74, 6) is 0.915. The van der Waals surface area contributed by atoms with E-state index in [1.165, 1.54) is 12.8 Å². The van der Waals surface area contributed by atoms with Gasteiger partial charge in [-0.05, 0) is 36.8 Å². The largest absolute Gasteiger partial charge is 0.356 e. The van der Waals surface area contributed by atoms with Crippen molar-refractivity contribution in [3.05, 3.63) is 30.1 Å². The Kier molecular flexibility index (Phi) is 3.33. The van der Waals surface area contributed by atoms with Crippen molar-refractivity contribution in [2.75, 3.05) is 6.54 Å². The average molecular weight is 204 g/mol. The van der Waals surface area contributed by atoms with Crippen molar-refractivity contribution in [3.8, 4) is 0 Å². The lowest BCUT2D eigenvalue weighted by Crippen LogP contribution is -2.25. The number of rotatable bonds is 5. The minimum Gasteiger partial charge on any atom is -0.356 e. The van der Waals surface area contributed by atoms with E-state index in [1.807, 2.05) is 18.3 Å². The van der Waals surface area contributed by atoms with Gasteiger partial charge in [-0.2, -0.15) is 0 Å². The Morgan fingerprint density at radius 2 is 2.40 bits per heavy atom. The molecular formula is C12H16N2O. The van der Waals surface area contributed by atoms with E-state index in [0.29, 0.717) is 6.42 Å². The van der Waals surface area contributed by atoms with Crippen molar-refractivity contribution >= 4 is 5.91 Å². The predicted molar refractivity (Wildman–Crippen MR) is 58.3 cm³/mol. The van der Waals surface area contributed by atoms with E-state index in [1.54, 1.807) is 6.20 Å². The van der Waals surface area contributed by atoms with Gasteiger partial charge in [0.15, 0.2) is 0 Å². The fraction of sp³-hybridized carbons (Fsp3) is 0.500. The lowest BCUT2D eigenvalue weighted by molar-refractivity contribution is -0.121. The van der Waals surface area contributed by atoms with Crippen LogP contribution in [0.1, 0.15) is 24.8 Å². The third-order valence-electron chi connectivity index (χ3n) is 2.65. The lowest BCUT2D eigenvalue weighted by atomic mass is 10.1. The zero-order valence-electron chi connectivity index (χ0n) is 8.78. The van der Waals surface area contributed by atoms with E-state index in [0.717, 1.165) is 24.4 Å². The van der Waals surface area contributed by atoms with Crippen molar-refractivity contribution in [2.45, 2.75) is 25.7 Å². The topological polar surface area (TPSA) is 42.0 Å². The molecule has 1 aromatic rings. The third-order valence-corrected chi connectivity index (χ3v) is 2.65. The Morgan fingerprint density at radius 1 is 1.53 bits per heavy atom. The van der Waals surface area contributed by atoms with Crippen molar-refractivity contribution in [1.82, 2.24) is 10.3 Å². The number of hydrogen-bond donors (Lipinski definition) is 1. The summed E-state index contributed by atoms with van der Waals surface area (Å²) in [6.45, 7) is 0.867. The first-order valence-electron chi connectivity index (χ1n) is 5.50. The number of amides is 1. The first-order valence-corrected chi connectivity index (χ1v) is 5.50. The summed E-state index contributed by atoms with van der Waals surface area (Å²) in [5, 5.41) is 2.96. The number of carbonyl (C=O) groups is 1. The van der Waals surface area contributed by atoms with E-state index in [4.69, 9.17) is 0 Å². The maximum absolute atomic E-state index is 11.4. The van der Waals surface area contributed by atoms with E-state index in [2.05, 4.69) is 10.3 Å². The molecule has 3 heteroatoms. The molecule has 1 fully saturated rings. The van der Waals surface area contributed by atoms with Crippen LogP contribution in [0.15, 0.2) is 24.5 Å². The highest BCUT2D eigenvalue weighted by Crippen LogP contribution is 2.27. The van der Waals surface area contributed by atoms with E-state index >= 15 is 0 Å². The smallest absolute Gasteiger partial charge is 0.220 e. The van der Waals surface area contributed by atoms with Crippen molar-refractivity contribution < 1.29 is 4.79 Å². The van der Waals surface area contributed by atoms with E-state index in [-0.39, 0.29) is 5.91 Å². The Labute approximate surface area is 89.9 Å². The molecule has 0 unspecified atom stereocenters. The molecule has 1 heterocycles. The number of nitrogens with one attached hydrogen (secondary N) is 1. The number of pyridine rings is 1. The van der Waals surface area contributed by atoms with Gasteiger partial charge < -0.3 is 5.32 Å². The SMILES string of the molecule is O=C(CCc1cccnc1)NCC1CC1. The van der Waals surface area contributed by atoms with Crippen LogP contribution >= 0.6 is 0 Å². The van der Waals surface area contributed by atoms with Gasteiger partial charge in [0, 0.05) is 25.4 Å². The van der Waals surface area contributed by atoms with Crippen LogP contribution < -0.4 is 5.32 Å². The van der Waals surface area contributed by atoms with Crippen molar-refractivity contribution in [3.63, 3.8) is 0 Å². The summed E-state index contributed by atoms with van der Waals surface area (Å²) < 4.78 is 0. The van der Waals surface area contributed by atoms with Gasteiger partial charge in [-0.15, -0.1) is 0 Å². The summed E-state index contributed by atoms with van der Waals surface area (Å²) in [5.41, 5.74) is 1.12. The molecule has 3 nitrogen and oxygen atoms in total. The van der Waals surface area contributed by atoms with Crippen LogP contribution in [0.5, 0.6) is 0 Å². The highest BCUT2D eigenvalue weighted by Gasteiger charge is 2.21. The third kappa shape index (κ3) is 3.70. The number of aromatic nitrogens is 1. The van der Waals surface area contributed by atoms with Crippen molar-refractivity contribution in [1.29, 1.82) is 0 Å². The number of hydrogen-bond acceptors (Lipinski definition) is 2. The second-order valence-corrected chi connectivity index (χ2v) is 4.11. The summed E-state index contributed by atoms with van der Waals surface area (Å²) in [6.07, 6.45) is 7.47. The molecule has 0 saturated heterocycles. The molecule has 0 aliphatic heterocycles. The van der Waals surface area contributed by atoms with Gasteiger partial charge in [-0.25, -0.2) is 0 Å². The zero-order chi connectivity index (χ0) is 10.5. The van der Waals surface area contributed by atoms with Crippen LogP contribution in [0.2, 0.25) is 0 Å². The normalized spacial score (nSPS) is 14.9. The van der Waals surface area contributed by atoms with Gasteiger partial charge in [-0.1, -0.05) is 6.07 Å².